The van der Waals surface area contributed by atoms with E-state index in [1.54, 1.807) is 0 Å². The largest absolute Gasteiger partial charge is 0.302 e. The van der Waals surface area contributed by atoms with Gasteiger partial charge in [-0.3, -0.25) is 9.59 Å². The summed E-state index contributed by atoms with van der Waals surface area (Å²) in [6.45, 7) is 4.06. The first-order valence-corrected chi connectivity index (χ1v) is 6.60. The molecule has 1 fully saturated rings. The second-order valence-electron chi connectivity index (χ2n) is 5.10. The summed E-state index contributed by atoms with van der Waals surface area (Å²) in [4.78, 5) is 25.5. The molecule has 1 heterocycles. The zero-order valence-corrected chi connectivity index (χ0v) is 11.1. The first kappa shape index (κ1) is 13.9. The van der Waals surface area contributed by atoms with E-state index in [0.29, 0.717) is 30.7 Å². The summed E-state index contributed by atoms with van der Waals surface area (Å²) in [6, 6.07) is 5.63. The van der Waals surface area contributed by atoms with Crippen LogP contribution in [0.3, 0.4) is 0 Å². The highest BCUT2D eigenvalue weighted by Crippen LogP contribution is 2.13. The molecule has 102 valence electrons. The Morgan fingerprint density at radius 2 is 2.05 bits per heavy atom. The van der Waals surface area contributed by atoms with E-state index in [1.807, 2.05) is 6.92 Å². The summed E-state index contributed by atoms with van der Waals surface area (Å²) in [5.41, 5.74) is 0.544. The number of carbonyl (C=O) groups excluding carboxylic acids is 2. The molecule has 4 heteroatoms. The Kier molecular flexibility index (Phi) is 4.43. The Morgan fingerprint density at radius 1 is 1.37 bits per heavy atom. The molecule has 1 aromatic carbocycles. The third-order valence-corrected chi connectivity index (χ3v) is 3.58. The summed E-state index contributed by atoms with van der Waals surface area (Å²) in [6.07, 6.45) is 0.985. The summed E-state index contributed by atoms with van der Waals surface area (Å²) in [5, 5.41) is 0. The van der Waals surface area contributed by atoms with Crippen LogP contribution in [-0.4, -0.2) is 36.1 Å². The number of hydrogen-bond acceptors (Lipinski definition) is 3. The van der Waals surface area contributed by atoms with Crippen molar-refractivity contribution < 1.29 is 14.0 Å². The van der Waals surface area contributed by atoms with E-state index in [1.165, 1.54) is 24.3 Å². The van der Waals surface area contributed by atoms with Crippen LogP contribution in [0.2, 0.25) is 0 Å². The van der Waals surface area contributed by atoms with Crippen LogP contribution in [0.15, 0.2) is 24.3 Å². The van der Waals surface area contributed by atoms with Crippen LogP contribution in [0.5, 0.6) is 0 Å². The fourth-order valence-electron chi connectivity index (χ4n) is 2.34. The van der Waals surface area contributed by atoms with Crippen LogP contribution >= 0.6 is 0 Å². The maximum absolute atomic E-state index is 12.8. The molecule has 0 aromatic heterocycles. The van der Waals surface area contributed by atoms with Gasteiger partial charge in [0.2, 0.25) is 0 Å². The van der Waals surface area contributed by atoms with Crippen molar-refractivity contribution in [1.29, 1.82) is 0 Å². The molecule has 0 bridgehead atoms. The Morgan fingerprint density at radius 3 is 2.68 bits per heavy atom. The van der Waals surface area contributed by atoms with Gasteiger partial charge in [0, 0.05) is 44.0 Å². The lowest BCUT2D eigenvalue weighted by Crippen LogP contribution is -2.40. The number of likely N-dealkylation sites (tertiary alicyclic amines) is 1. The van der Waals surface area contributed by atoms with Gasteiger partial charge in [-0.2, -0.15) is 0 Å². The average molecular weight is 263 g/mol. The topological polar surface area (TPSA) is 37.4 Å². The van der Waals surface area contributed by atoms with Gasteiger partial charge in [0.25, 0.3) is 0 Å². The average Bonchev–Trinajstić information content (AvgIpc) is 2.40. The van der Waals surface area contributed by atoms with Gasteiger partial charge in [-0.1, -0.05) is 6.92 Å². The van der Waals surface area contributed by atoms with E-state index < -0.39 is 0 Å². The molecular formula is C15H18FNO2. The van der Waals surface area contributed by atoms with E-state index in [-0.39, 0.29) is 17.5 Å². The number of piperidine rings is 1. The number of benzene rings is 1. The molecule has 0 amide bonds. The zero-order valence-electron chi connectivity index (χ0n) is 11.1. The predicted molar refractivity (Wildman–Crippen MR) is 70.6 cm³/mol. The number of carbonyl (C=O) groups is 2. The van der Waals surface area contributed by atoms with Crippen molar-refractivity contribution in [2.75, 3.05) is 19.6 Å². The minimum absolute atomic E-state index is 0.0181. The number of halogens is 1. The van der Waals surface area contributed by atoms with Crippen molar-refractivity contribution in [3.63, 3.8) is 0 Å². The van der Waals surface area contributed by atoms with Gasteiger partial charge in [-0.25, -0.2) is 4.39 Å². The maximum atomic E-state index is 12.8. The Hall–Kier alpha value is -1.55. The second kappa shape index (κ2) is 6.06. The molecule has 1 aromatic rings. The normalized spacial score (nSPS) is 20.5. The van der Waals surface area contributed by atoms with E-state index in [2.05, 4.69) is 4.90 Å². The molecule has 1 atom stereocenters. The van der Waals surface area contributed by atoms with Crippen molar-refractivity contribution in [3.8, 4) is 0 Å². The summed E-state index contributed by atoms with van der Waals surface area (Å²) in [5.74, 6) is 0.0558. The van der Waals surface area contributed by atoms with Gasteiger partial charge in [0.15, 0.2) is 5.78 Å². The SMILES string of the molecule is CC1CN(CCC(=O)c2ccc(F)cc2)CCC1=O. The molecule has 0 aliphatic carbocycles. The van der Waals surface area contributed by atoms with Gasteiger partial charge >= 0.3 is 0 Å². The third-order valence-electron chi connectivity index (χ3n) is 3.58. The number of rotatable bonds is 4. The highest BCUT2D eigenvalue weighted by molar-refractivity contribution is 5.96. The van der Waals surface area contributed by atoms with Crippen LogP contribution in [-0.2, 0) is 4.79 Å². The predicted octanol–water partition coefficient (Wildman–Crippen LogP) is 2.31. The van der Waals surface area contributed by atoms with Gasteiger partial charge in [-0.05, 0) is 24.3 Å². The second-order valence-corrected chi connectivity index (χ2v) is 5.10. The van der Waals surface area contributed by atoms with Crippen molar-refractivity contribution in [2.24, 2.45) is 5.92 Å². The molecule has 19 heavy (non-hydrogen) atoms. The molecule has 3 nitrogen and oxygen atoms in total. The lowest BCUT2D eigenvalue weighted by molar-refractivity contribution is -0.125. The van der Waals surface area contributed by atoms with E-state index >= 15 is 0 Å². The van der Waals surface area contributed by atoms with Crippen LogP contribution < -0.4 is 0 Å². The Balaban J connectivity index is 1.84. The molecule has 0 radical (unpaired) electrons. The highest BCUT2D eigenvalue weighted by atomic mass is 19.1. The quantitative estimate of drug-likeness (QED) is 0.782. The number of hydrogen-bond donors (Lipinski definition) is 0. The molecule has 0 spiro atoms. The number of ketones is 2. The smallest absolute Gasteiger partial charge is 0.164 e. The van der Waals surface area contributed by atoms with Gasteiger partial charge in [0.1, 0.15) is 11.6 Å². The Bertz CT molecular complexity index is 470. The first-order chi connectivity index (χ1) is 9.06. The van der Waals surface area contributed by atoms with Crippen LogP contribution in [0, 0.1) is 11.7 Å². The van der Waals surface area contributed by atoms with E-state index in [0.717, 1.165) is 13.1 Å². The molecular weight excluding hydrogens is 245 g/mol. The molecule has 1 saturated heterocycles. The zero-order chi connectivity index (χ0) is 13.8. The van der Waals surface area contributed by atoms with Gasteiger partial charge in [0.05, 0.1) is 0 Å². The minimum Gasteiger partial charge on any atom is -0.302 e. The lowest BCUT2D eigenvalue weighted by Gasteiger charge is -2.29. The first-order valence-electron chi connectivity index (χ1n) is 6.60. The summed E-state index contributed by atoms with van der Waals surface area (Å²) in [7, 11) is 0. The third kappa shape index (κ3) is 3.70. The van der Waals surface area contributed by atoms with E-state index in [9.17, 15) is 14.0 Å². The summed E-state index contributed by atoms with van der Waals surface area (Å²) >= 11 is 0. The molecule has 2 rings (SSSR count). The maximum Gasteiger partial charge on any atom is 0.164 e. The standard InChI is InChI=1S/C15H18FNO2/c1-11-10-17(8-6-14(11)18)9-7-15(19)12-2-4-13(16)5-3-12/h2-5,11H,6-10H2,1H3. The molecule has 0 N–H and O–H groups in total. The molecule has 1 aliphatic heterocycles. The monoisotopic (exact) mass is 263 g/mol. The van der Waals surface area contributed by atoms with Crippen LogP contribution in [0.4, 0.5) is 4.39 Å². The Labute approximate surface area is 112 Å². The minimum atomic E-state index is -0.333. The van der Waals surface area contributed by atoms with E-state index in [4.69, 9.17) is 0 Å². The number of Topliss-reactive ketones (excluding diaryl/α,β-unsaturated/α-hetero) is 2. The van der Waals surface area contributed by atoms with Gasteiger partial charge < -0.3 is 4.90 Å². The molecule has 0 saturated carbocycles. The summed E-state index contributed by atoms with van der Waals surface area (Å²) < 4.78 is 12.8. The molecule has 1 aliphatic rings. The highest BCUT2D eigenvalue weighted by Gasteiger charge is 2.23. The van der Waals surface area contributed by atoms with Crippen LogP contribution in [0.1, 0.15) is 30.1 Å². The van der Waals surface area contributed by atoms with Gasteiger partial charge in [-0.15, -0.1) is 0 Å². The van der Waals surface area contributed by atoms with Crippen LogP contribution in [0.25, 0.3) is 0 Å². The fourth-order valence-corrected chi connectivity index (χ4v) is 2.34. The van der Waals surface area contributed by atoms with Crippen molar-refractivity contribution in [1.82, 2.24) is 4.90 Å². The van der Waals surface area contributed by atoms with Crippen molar-refractivity contribution >= 4 is 11.6 Å². The molecule has 1 unspecified atom stereocenters. The van der Waals surface area contributed by atoms with Crippen molar-refractivity contribution in [2.45, 2.75) is 19.8 Å². The number of nitrogens with zero attached hydrogens (tertiary/aromatic N) is 1. The lowest BCUT2D eigenvalue weighted by atomic mass is 9.98. The van der Waals surface area contributed by atoms with Crippen molar-refractivity contribution in [3.05, 3.63) is 35.6 Å². The fraction of sp³-hybridized carbons (Fsp3) is 0.467.